The van der Waals surface area contributed by atoms with E-state index in [-0.39, 0.29) is 0 Å². The molecule has 19 heavy (non-hydrogen) atoms. The number of aromatic nitrogens is 4. The highest BCUT2D eigenvalue weighted by Gasteiger charge is 2.12. The number of aryl methyl sites for hydroxylation is 1. The van der Waals surface area contributed by atoms with E-state index in [0.717, 1.165) is 40.6 Å². The number of alkyl halides is 1. The van der Waals surface area contributed by atoms with Crippen LogP contribution in [0.3, 0.4) is 0 Å². The monoisotopic (exact) mass is 292 g/mol. The van der Waals surface area contributed by atoms with Crippen molar-refractivity contribution in [1.82, 2.24) is 19.8 Å². The first-order chi connectivity index (χ1) is 9.38. The van der Waals surface area contributed by atoms with Gasteiger partial charge < -0.3 is 0 Å². The van der Waals surface area contributed by atoms with E-state index in [4.69, 9.17) is 11.6 Å². The van der Waals surface area contributed by atoms with Gasteiger partial charge in [0.1, 0.15) is 5.01 Å². The van der Waals surface area contributed by atoms with Crippen molar-refractivity contribution in [3.63, 3.8) is 0 Å². The molecule has 0 amide bonds. The normalized spacial score (nSPS) is 11.2. The Balaban J connectivity index is 1.90. The number of nitrogens with zero attached hydrogens (tertiary/aromatic N) is 4. The van der Waals surface area contributed by atoms with Crippen LogP contribution in [0.15, 0.2) is 30.3 Å². The molecule has 0 unspecified atom stereocenters. The van der Waals surface area contributed by atoms with E-state index >= 15 is 0 Å². The molecule has 3 aromatic rings. The van der Waals surface area contributed by atoms with Crippen LogP contribution in [0.1, 0.15) is 17.8 Å². The van der Waals surface area contributed by atoms with E-state index in [1.54, 1.807) is 11.3 Å². The number of hydrogen-bond donors (Lipinski definition) is 0. The SMILES string of the molecule is ClCCCCc1nn2c(-c3ccccc3)nnc2s1. The molecular weight excluding hydrogens is 280 g/mol. The smallest absolute Gasteiger partial charge is 0.183 e. The van der Waals surface area contributed by atoms with Crippen molar-refractivity contribution in [3.05, 3.63) is 35.3 Å². The molecular formula is C13H13ClN4S. The Hall–Kier alpha value is -1.46. The summed E-state index contributed by atoms with van der Waals surface area (Å²) in [5.41, 5.74) is 1.03. The molecule has 0 saturated carbocycles. The predicted molar refractivity (Wildman–Crippen MR) is 77.8 cm³/mol. The zero-order valence-corrected chi connectivity index (χ0v) is 11.9. The average molecular weight is 293 g/mol. The third kappa shape index (κ3) is 2.62. The van der Waals surface area contributed by atoms with Gasteiger partial charge in [0.05, 0.1) is 0 Å². The van der Waals surface area contributed by atoms with Crippen LogP contribution in [0, 0.1) is 0 Å². The maximum atomic E-state index is 5.69. The molecule has 0 atom stereocenters. The molecule has 6 heteroatoms. The molecule has 2 heterocycles. The summed E-state index contributed by atoms with van der Waals surface area (Å²) in [5, 5.41) is 14.1. The van der Waals surface area contributed by atoms with Crippen LogP contribution in [0.5, 0.6) is 0 Å². The molecule has 1 aromatic carbocycles. The van der Waals surface area contributed by atoms with E-state index in [0.29, 0.717) is 5.88 Å². The lowest BCUT2D eigenvalue weighted by Crippen LogP contribution is -1.92. The summed E-state index contributed by atoms with van der Waals surface area (Å²) in [6.45, 7) is 0. The van der Waals surface area contributed by atoms with Crippen molar-refractivity contribution >= 4 is 27.9 Å². The number of fused-ring (bicyclic) bond motifs is 1. The molecule has 3 rings (SSSR count). The lowest BCUT2D eigenvalue weighted by atomic mass is 10.2. The van der Waals surface area contributed by atoms with Gasteiger partial charge in [0.2, 0.25) is 4.96 Å². The lowest BCUT2D eigenvalue weighted by molar-refractivity contribution is 0.774. The number of rotatable bonds is 5. The van der Waals surface area contributed by atoms with Crippen LogP contribution in [-0.4, -0.2) is 25.7 Å². The van der Waals surface area contributed by atoms with Gasteiger partial charge in [-0.25, -0.2) is 0 Å². The van der Waals surface area contributed by atoms with E-state index in [9.17, 15) is 0 Å². The largest absolute Gasteiger partial charge is 0.234 e. The number of halogens is 1. The number of benzene rings is 1. The number of hydrogen-bond acceptors (Lipinski definition) is 4. The Morgan fingerprint density at radius 1 is 1.11 bits per heavy atom. The summed E-state index contributed by atoms with van der Waals surface area (Å²) in [4.78, 5) is 0.847. The molecule has 98 valence electrons. The zero-order chi connectivity index (χ0) is 13.1. The Bertz CT molecular complexity index is 662. The molecule has 0 bridgehead atoms. The van der Waals surface area contributed by atoms with Crippen LogP contribution in [-0.2, 0) is 6.42 Å². The maximum Gasteiger partial charge on any atom is 0.234 e. The third-order valence-electron chi connectivity index (χ3n) is 2.84. The molecule has 4 nitrogen and oxygen atoms in total. The quantitative estimate of drug-likeness (QED) is 0.534. The highest BCUT2D eigenvalue weighted by Crippen LogP contribution is 2.22. The Kier molecular flexibility index (Phi) is 3.75. The second kappa shape index (κ2) is 5.67. The predicted octanol–water partition coefficient (Wildman–Crippen LogP) is 3.41. The van der Waals surface area contributed by atoms with Crippen molar-refractivity contribution in [2.75, 3.05) is 5.88 Å². The minimum atomic E-state index is 0.708. The Morgan fingerprint density at radius 2 is 1.95 bits per heavy atom. The summed E-state index contributed by atoms with van der Waals surface area (Å²) < 4.78 is 1.83. The minimum absolute atomic E-state index is 0.708. The molecule has 0 radical (unpaired) electrons. The van der Waals surface area contributed by atoms with E-state index in [2.05, 4.69) is 15.3 Å². The Labute approximate surface area is 120 Å². The molecule has 0 spiro atoms. The van der Waals surface area contributed by atoms with Crippen molar-refractivity contribution < 1.29 is 0 Å². The molecule has 0 N–H and O–H groups in total. The molecule has 0 saturated heterocycles. The summed E-state index contributed by atoms with van der Waals surface area (Å²) in [7, 11) is 0. The molecule has 0 aliphatic carbocycles. The highest BCUT2D eigenvalue weighted by atomic mass is 35.5. The summed E-state index contributed by atoms with van der Waals surface area (Å²) in [5.74, 6) is 1.51. The van der Waals surface area contributed by atoms with Gasteiger partial charge in [0, 0.05) is 17.9 Å². The van der Waals surface area contributed by atoms with Crippen molar-refractivity contribution in [2.45, 2.75) is 19.3 Å². The van der Waals surface area contributed by atoms with Gasteiger partial charge in [-0.2, -0.15) is 9.61 Å². The topological polar surface area (TPSA) is 43.1 Å². The first-order valence-corrected chi connectivity index (χ1v) is 7.56. The second-order valence-electron chi connectivity index (χ2n) is 4.23. The summed E-state index contributed by atoms with van der Waals surface area (Å²) >= 11 is 7.28. The van der Waals surface area contributed by atoms with Crippen LogP contribution < -0.4 is 0 Å². The first kappa shape index (κ1) is 12.6. The fourth-order valence-electron chi connectivity index (χ4n) is 1.90. The first-order valence-electron chi connectivity index (χ1n) is 6.21. The summed E-state index contributed by atoms with van der Waals surface area (Å²) in [6, 6.07) is 10.0. The summed E-state index contributed by atoms with van der Waals surface area (Å²) in [6.07, 6.45) is 3.04. The van der Waals surface area contributed by atoms with Crippen LogP contribution in [0.25, 0.3) is 16.3 Å². The highest BCUT2D eigenvalue weighted by molar-refractivity contribution is 7.16. The third-order valence-corrected chi connectivity index (χ3v) is 4.06. The average Bonchev–Trinajstić information content (AvgIpc) is 3.00. The molecule has 0 fully saturated rings. The van der Waals surface area contributed by atoms with Gasteiger partial charge in [-0.3, -0.25) is 0 Å². The fourth-order valence-corrected chi connectivity index (χ4v) is 2.96. The van der Waals surface area contributed by atoms with Gasteiger partial charge >= 0.3 is 0 Å². The van der Waals surface area contributed by atoms with Crippen LogP contribution in [0.2, 0.25) is 0 Å². The number of unbranched alkanes of at least 4 members (excludes halogenated alkanes) is 1. The van der Waals surface area contributed by atoms with Crippen molar-refractivity contribution in [3.8, 4) is 11.4 Å². The fraction of sp³-hybridized carbons (Fsp3) is 0.308. The lowest BCUT2D eigenvalue weighted by Gasteiger charge is -1.95. The van der Waals surface area contributed by atoms with E-state index in [1.807, 2.05) is 34.8 Å². The second-order valence-corrected chi connectivity index (χ2v) is 5.64. The van der Waals surface area contributed by atoms with Crippen LogP contribution in [0.4, 0.5) is 0 Å². The molecule has 0 aliphatic heterocycles. The van der Waals surface area contributed by atoms with Gasteiger partial charge in [-0.15, -0.1) is 21.8 Å². The molecule has 2 aromatic heterocycles. The van der Waals surface area contributed by atoms with Gasteiger partial charge in [-0.05, 0) is 12.8 Å². The van der Waals surface area contributed by atoms with Gasteiger partial charge in [0.15, 0.2) is 5.82 Å². The molecule has 0 aliphatic rings. The van der Waals surface area contributed by atoms with Crippen LogP contribution >= 0.6 is 22.9 Å². The minimum Gasteiger partial charge on any atom is -0.183 e. The van der Waals surface area contributed by atoms with Crippen molar-refractivity contribution in [1.29, 1.82) is 0 Å². The van der Waals surface area contributed by atoms with E-state index < -0.39 is 0 Å². The van der Waals surface area contributed by atoms with Gasteiger partial charge in [-0.1, -0.05) is 41.7 Å². The van der Waals surface area contributed by atoms with E-state index in [1.165, 1.54) is 0 Å². The maximum absolute atomic E-state index is 5.69. The van der Waals surface area contributed by atoms with Crippen molar-refractivity contribution in [2.24, 2.45) is 0 Å². The Morgan fingerprint density at radius 3 is 2.74 bits per heavy atom. The standard InChI is InChI=1S/C13H13ClN4S/c14-9-5-4-8-11-17-18-12(15-16-13(18)19-11)10-6-2-1-3-7-10/h1-3,6-7H,4-5,8-9H2. The van der Waals surface area contributed by atoms with Gasteiger partial charge in [0.25, 0.3) is 0 Å². The zero-order valence-electron chi connectivity index (χ0n) is 10.3.